The summed E-state index contributed by atoms with van der Waals surface area (Å²) in [4.78, 5) is 28.6. The number of rotatable bonds is 2. The predicted molar refractivity (Wildman–Crippen MR) is 73.2 cm³/mol. The number of nitrogens with zero attached hydrogens (tertiary/aromatic N) is 3. The molecule has 0 aromatic rings. The van der Waals surface area contributed by atoms with E-state index in [2.05, 4.69) is 4.90 Å². The molecule has 0 aromatic heterocycles. The molecular weight excluding hydrogens is 301 g/mol. The van der Waals surface area contributed by atoms with Crippen LogP contribution >= 0.6 is 0 Å². The first-order valence-electron chi connectivity index (χ1n) is 7.26. The summed E-state index contributed by atoms with van der Waals surface area (Å²) in [5.41, 5.74) is 0. The van der Waals surface area contributed by atoms with Gasteiger partial charge in [0.25, 0.3) is 0 Å². The van der Waals surface area contributed by atoms with Crippen LogP contribution in [0.15, 0.2) is 0 Å². The summed E-state index contributed by atoms with van der Waals surface area (Å²) in [6.07, 6.45) is -3.65. The third kappa shape index (κ3) is 3.82. The number of hydrogen-bond donors (Lipinski definition) is 1. The lowest BCUT2D eigenvalue weighted by Crippen LogP contribution is -2.46. The van der Waals surface area contributed by atoms with E-state index < -0.39 is 18.1 Å². The number of urea groups is 1. The van der Waals surface area contributed by atoms with Crippen LogP contribution in [0, 0.1) is 0 Å². The molecule has 0 aromatic carbocycles. The lowest BCUT2D eigenvalue weighted by atomic mass is 10.2. The monoisotopic (exact) mass is 322 g/mol. The van der Waals surface area contributed by atoms with Crippen LogP contribution < -0.4 is 5.32 Å². The van der Waals surface area contributed by atoms with Gasteiger partial charge in [-0.3, -0.25) is 4.79 Å². The summed E-state index contributed by atoms with van der Waals surface area (Å²) >= 11 is 0. The minimum atomic E-state index is -4.88. The minimum Gasteiger partial charge on any atom is -0.344 e. The summed E-state index contributed by atoms with van der Waals surface area (Å²) in [5.74, 6) is -1.94. The molecule has 2 rings (SSSR count). The third-order valence-electron chi connectivity index (χ3n) is 4.22. The quantitative estimate of drug-likeness (QED) is 0.805. The molecule has 2 heterocycles. The van der Waals surface area contributed by atoms with Crippen molar-refractivity contribution in [1.82, 2.24) is 20.0 Å². The van der Waals surface area contributed by atoms with Crippen LogP contribution in [0.5, 0.6) is 0 Å². The highest BCUT2D eigenvalue weighted by Crippen LogP contribution is 2.20. The first-order chi connectivity index (χ1) is 10.2. The Kier molecular flexibility index (Phi) is 4.84. The van der Waals surface area contributed by atoms with E-state index >= 15 is 0 Å². The van der Waals surface area contributed by atoms with Crippen molar-refractivity contribution in [3.63, 3.8) is 0 Å². The zero-order chi connectivity index (χ0) is 16.5. The molecule has 0 spiro atoms. The Morgan fingerprint density at radius 2 is 1.68 bits per heavy atom. The molecule has 1 N–H and O–H groups in total. The molecule has 0 bridgehead atoms. The van der Waals surface area contributed by atoms with Gasteiger partial charge >= 0.3 is 18.1 Å². The van der Waals surface area contributed by atoms with Gasteiger partial charge in [-0.2, -0.15) is 13.2 Å². The second-order valence-electron chi connectivity index (χ2n) is 6.04. The largest absolute Gasteiger partial charge is 0.471 e. The average Bonchev–Trinajstić information content (AvgIpc) is 3.05. The Labute approximate surface area is 127 Å². The predicted octanol–water partition coefficient (Wildman–Crippen LogP) is 0.495. The van der Waals surface area contributed by atoms with Crippen molar-refractivity contribution in [3.8, 4) is 0 Å². The van der Waals surface area contributed by atoms with Gasteiger partial charge < -0.3 is 20.0 Å². The van der Waals surface area contributed by atoms with Crippen LogP contribution in [0.3, 0.4) is 0 Å². The molecule has 3 amide bonds. The van der Waals surface area contributed by atoms with E-state index in [1.54, 1.807) is 4.90 Å². The Balaban J connectivity index is 1.83. The van der Waals surface area contributed by atoms with Gasteiger partial charge in [-0.05, 0) is 26.9 Å². The zero-order valence-electron chi connectivity index (χ0n) is 12.7. The Morgan fingerprint density at radius 1 is 1.09 bits per heavy atom. The van der Waals surface area contributed by atoms with Gasteiger partial charge in [0.2, 0.25) is 0 Å². The van der Waals surface area contributed by atoms with Crippen LogP contribution in [0.1, 0.15) is 12.8 Å². The third-order valence-corrected chi connectivity index (χ3v) is 4.22. The molecule has 2 atom stereocenters. The summed E-state index contributed by atoms with van der Waals surface area (Å²) in [6.45, 7) is 1.77. The highest BCUT2D eigenvalue weighted by atomic mass is 19.4. The van der Waals surface area contributed by atoms with E-state index in [0.29, 0.717) is 32.1 Å². The number of halogens is 3. The molecule has 2 aliphatic heterocycles. The number of hydrogen-bond acceptors (Lipinski definition) is 3. The number of nitrogens with one attached hydrogen (secondary N) is 1. The second-order valence-corrected chi connectivity index (χ2v) is 6.04. The number of alkyl halides is 3. The number of carbonyl (C=O) groups excluding carboxylic acids is 2. The van der Waals surface area contributed by atoms with Gasteiger partial charge in [0, 0.05) is 38.3 Å². The molecule has 6 nitrogen and oxygen atoms in total. The fourth-order valence-corrected chi connectivity index (χ4v) is 2.86. The van der Waals surface area contributed by atoms with Crippen LogP contribution in [0.2, 0.25) is 0 Å². The van der Waals surface area contributed by atoms with Gasteiger partial charge in [-0.25, -0.2) is 4.79 Å². The zero-order valence-corrected chi connectivity index (χ0v) is 12.7. The SMILES string of the molecule is CN(C)[C@H]1CCN(C(=O)N2CC[C@@H](NC(=O)C(F)(F)F)C2)C1. The van der Waals surface area contributed by atoms with E-state index in [-0.39, 0.29) is 12.6 Å². The van der Waals surface area contributed by atoms with E-state index in [4.69, 9.17) is 0 Å². The maximum atomic E-state index is 12.3. The first-order valence-corrected chi connectivity index (χ1v) is 7.26. The van der Waals surface area contributed by atoms with Crippen molar-refractivity contribution in [1.29, 1.82) is 0 Å². The van der Waals surface area contributed by atoms with Gasteiger partial charge in [-0.15, -0.1) is 0 Å². The molecule has 0 radical (unpaired) electrons. The Hall–Kier alpha value is -1.51. The molecule has 0 unspecified atom stereocenters. The molecule has 126 valence electrons. The molecule has 2 fully saturated rings. The fourth-order valence-electron chi connectivity index (χ4n) is 2.86. The van der Waals surface area contributed by atoms with Crippen molar-refractivity contribution in [2.45, 2.75) is 31.1 Å². The highest BCUT2D eigenvalue weighted by Gasteiger charge is 2.41. The summed E-state index contributed by atoms with van der Waals surface area (Å²) < 4.78 is 36.7. The van der Waals surface area contributed by atoms with Crippen molar-refractivity contribution in [2.75, 3.05) is 40.3 Å². The van der Waals surface area contributed by atoms with Gasteiger partial charge in [0.15, 0.2) is 0 Å². The van der Waals surface area contributed by atoms with Crippen LogP contribution in [-0.2, 0) is 4.79 Å². The number of carbonyl (C=O) groups is 2. The Bertz CT molecular complexity index is 441. The summed E-state index contributed by atoms with van der Waals surface area (Å²) in [7, 11) is 3.91. The summed E-state index contributed by atoms with van der Waals surface area (Å²) in [5, 5.41) is 1.94. The maximum absolute atomic E-state index is 12.3. The standard InChI is InChI=1S/C13H21F3N4O2/c1-18(2)10-4-6-20(8-10)12(22)19-5-3-9(7-19)17-11(21)13(14,15)16/h9-10H,3-8H2,1-2H3,(H,17,21)/t9-,10+/m1/s1. The fraction of sp³-hybridized carbons (Fsp3) is 0.846. The maximum Gasteiger partial charge on any atom is 0.471 e. The van der Waals surface area contributed by atoms with E-state index in [1.165, 1.54) is 4.90 Å². The molecule has 2 saturated heterocycles. The van der Waals surface area contributed by atoms with Crippen molar-refractivity contribution < 1.29 is 22.8 Å². The molecule has 0 aliphatic carbocycles. The normalized spacial score (nSPS) is 25.9. The highest BCUT2D eigenvalue weighted by molar-refractivity contribution is 5.82. The number of likely N-dealkylation sites (N-methyl/N-ethyl adjacent to an activating group) is 1. The van der Waals surface area contributed by atoms with Crippen molar-refractivity contribution >= 4 is 11.9 Å². The van der Waals surface area contributed by atoms with Crippen molar-refractivity contribution in [3.05, 3.63) is 0 Å². The van der Waals surface area contributed by atoms with Gasteiger partial charge in [0.05, 0.1) is 0 Å². The molecule has 0 saturated carbocycles. The van der Waals surface area contributed by atoms with Gasteiger partial charge in [-0.1, -0.05) is 0 Å². The Morgan fingerprint density at radius 3 is 2.23 bits per heavy atom. The molecule has 22 heavy (non-hydrogen) atoms. The molecular formula is C13H21F3N4O2. The minimum absolute atomic E-state index is 0.129. The lowest BCUT2D eigenvalue weighted by molar-refractivity contribution is -0.174. The second kappa shape index (κ2) is 6.31. The van der Waals surface area contributed by atoms with E-state index in [9.17, 15) is 22.8 Å². The average molecular weight is 322 g/mol. The lowest BCUT2D eigenvalue weighted by Gasteiger charge is -2.25. The molecule has 9 heteroatoms. The number of amides is 3. The van der Waals surface area contributed by atoms with Crippen LogP contribution in [0.25, 0.3) is 0 Å². The van der Waals surface area contributed by atoms with E-state index in [1.807, 2.05) is 19.4 Å². The van der Waals surface area contributed by atoms with E-state index in [0.717, 1.165) is 6.42 Å². The van der Waals surface area contributed by atoms with Crippen LogP contribution in [-0.4, -0.2) is 85.2 Å². The summed E-state index contributed by atoms with van der Waals surface area (Å²) in [6, 6.07) is -0.481. The van der Waals surface area contributed by atoms with Crippen LogP contribution in [0.4, 0.5) is 18.0 Å². The molecule has 2 aliphatic rings. The van der Waals surface area contributed by atoms with Crippen molar-refractivity contribution in [2.24, 2.45) is 0 Å². The van der Waals surface area contributed by atoms with Gasteiger partial charge in [0.1, 0.15) is 0 Å². The number of likely N-dealkylation sites (tertiary alicyclic amines) is 2. The topological polar surface area (TPSA) is 55.9 Å². The first kappa shape index (κ1) is 16.9. The smallest absolute Gasteiger partial charge is 0.344 e.